The molecule has 1 amide bonds. The van der Waals surface area contributed by atoms with E-state index < -0.39 is 6.09 Å². The minimum absolute atomic E-state index is 0.227. The summed E-state index contributed by atoms with van der Waals surface area (Å²) in [5.41, 5.74) is 2.26. The zero-order valence-electron chi connectivity index (χ0n) is 19.1. The zero-order valence-corrected chi connectivity index (χ0v) is 19.8. The molecule has 9 nitrogen and oxygen atoms in total. The van der Waals surface area contributed by atoms with Gasteiger partial charge < -0.3 is 25.0 Å². The van der Waals surface area contributed by atoms with Crippen molar-refractivity contribution in [2.24, 2.45) is 0 Å². The monoisotopic (exact) mass is 463 g/mol. The summed E-state index contributed by atoms with van der Waals surface area (Å²) >= 11 is 6.54. The van der Waals surface area contributed by atoms with Gasteiger partial charge in [-0.05, 0) is 39.0 Å². The Morgan fingerprint density at radius 1 is 1.34 bits per heavy atom. The summed E-state index contributed by atoms with van der Waals surface area (Å²) in [5, 5.41) is 13.1. The van der Waals surface area contributed by atoms with Crippen molar-refractivity contribution in [2.45, 2.75) is 39.5 Å². The van der Waals surface area contributed by atoms with Gasteiger partial charge in [0, 0.05) is 45.0 Å². The van der Waals surface area contributed by atoms with E-state index in [1.165, 1.54) is 4.90 Å². The first-order chi connectivity index (χ1) is 15.2. The van der Waals surface area contributed by atoms with Crippen molar-refractivity contribution in [1.82, 2.24) is 14.5 Å². The number of likely N-dealkylation sites (tertiary alicyclic amines) is 1. The van der Waals surface area contributed by atoms with Crippen LogP contribution in [0.4, 0.5) is 16.2 Å². The van der Waals surface area contributed by atoms with E-state index in [4.69, 9.17) is 21.3 Å². The molecule has 2 aromatic rings. The molecule has 0 unspecified atom stereocenters. The third-order valence-electron chi connectivity index (χ3n) is 5.62. The molecule has 0 radical (unpaired) electrons. The van der Waals surface area contributed by atoms with Gasteiger partial charge in [-0.3, -0.25) is 9.36 Å². The Morgan fingerprint density at radius 3 is 2.62 bits per heavy atom. The van der Waals surface area contributed by atoms with Gasteiger partial charge in [-0.25, -0.2) is 9.78 Å². The van der Waals surface area contributed by atoms with Crippen LogP contribution in [0.15, 0.2) is 23.0 Å². The minimum atomic E-state index is -1.01. The van der Waals surface area contributed by atoms with Gasteiger partial charge in [0.05, 0.1) is 29.4 Å². The number of benzene rings is 1. The summed E-state index contributed by atoms with van der Waals surface area (Å²) in [6.45, 7) is 6.83. The standard InChI is InChI=1S/C22H30ClN5O4/c1-6-28-20(15-9-8-14(26(4)5)10-16(15)23)24-13(3)19(21(28)29)25-17-11-27(22(30)31)12-18(17)32-7-2/h8-10,17-18,25H,6-7,11-12H2,1-5H3,(H,30,31)/t17-,18+/m1/s1. The van der Waals surface area contributed by atoms with E-state index in [2.05, 4.69) is 5.32 Å². The fourth-order valence-corrected chi connectivity index (χ4v) is 4.19. The largest absolute Gasteiger partial charge is 0.465 e. The van der Waals surface area contributed by atoms with Crippen molar-refractivity contribution in [3.05, 3.63) is 39.3 Å². The average Bonchev–Trinajstić information content (AvgIpc) is 3.14. The van der Waals surface area contributed by atoms with Crippen LogP contribution in [0.1, 0.15) is 19.5 Å². The molecule has 2 heterocycles. The molecule has 3 rings (SSSR count). The average molecular weight is 464 g/mol. The highest BCUT2D eigenvalue weighted by Gasteiger charge is 2.36. The maximum atomic E-state index is 13.4. The fourth-order valence-electron chi connectivity index (χ4n) is 3.93. The lowest BCUT2D eigenvalue weighted by Crippen LogP contribution is -2.38. The van der Waals surface area contributed by atoms with Crippen LogP contribution >= 0.6 is 11.6 Å². The van der Waals surface area contributed by atoms with Gasteiger partial charge in [-0.15, -0.1) is 0 Å². The normalized spacial score (nSPS) is 18.1. The van der Waals surface area contributed by atoms with Gasteiger partial charge in [0.25, 0.3) is 5.56 Å². The summed E-state index contributed by atoms with van der Waals surface area (Å²) in [6.07, 6.45) is -1.36. The Hall–Kier alpha value is -2.78. The van der Waals surface area contributed by atoms with E-state index in [9.17, 15) is 14.7 Å². The number of aromatic nitrogens is 2. The summed E-state index contributed by atoms with van der Waals surface area (Å²) in [7, 11) is 3.86. The number of hydrogen-bond acceptors (Lipinski definition) is 6. The molecule has 0 aliphatic carbocycles. The first-order valence-corrected chi connectivity index (χ1v) is 11.0. The van der Waals surface area contributed by atoms with Crippen molar-refractivity contribution >= 4 is 29.1 Å². The number of ether oxygens (including phenoxy) is 1. The van der Waals surface area contributed by atoms with Crippen LogP contribution in [0.5, 0.6) is 0 Å². The SMILES string of the molecule is CCO[C@H]1CN(C(=O)O)C[C@H]1Nc1c(C)nc(-c2ccc(N(C)C)cc2Cl)n(CC)c1=O. The lowest BCUT2D eigenvalue weighted by Gasteiger charge is -2.22. The summed E-state index contributed by atoms with van der Waals surface area (Å²) < 4.78 is 7.30. The number of aryl methyl sites for hydroxylation is 1. The topological polar surface area (TPSA) is 99.9 Å². The van der Waals surface area contributed by atoms with Gasteiger partial charge in [-0.1, -0.05) is 11.6 Å². The van der Waals surface area contributed by atoms with Gasteiger partial charge in [0.15, 0.2) is 0 Å². The molecule has 0 bridgehead atoms. The van der Waals surface area contributed by atoms with Gasteiger partial charge >= 0.3 is 6.09 Å². The molecule has 2 atom stereocenters. The predicted molar refractivity (Wildman–Crippen MR) is 126 cm³/mol. The molecule has 0 saturated carbocycles. The predicted octanol–water partition coefficient (Wildman–Crippen LogP) is 3.14. The second kappa shape index (κ2) is 9.79. The van der Waals surface area contributed by atoms with Crippen molar-refractivity contribution in [2.75, 3.05) is 44.0 Å². The summed E-state index contributed by atoms with van der Waals surface area (Å²) in [6, 6.07) is 5.29. The first-order valence-electron chi connectivity index (χ1n) is 10.6. The van der Waals surface area contributed by atoms with Crippen molar-refractivity contribution in [1.29, 1.82) is 0 Å². The van der Waals surface area contributed by atoms with E-state index in [0.717, 1.165) is 5.69 Å². The molecule has 1 fully saturated rings. The Balaban J connectivity index is 2.00. The van der Waals surface area contributed by atoms with Crippen LogP contribution in [0.3, 0.4) is 0 Å². The lowest BCUT2D eigenvalue weighted by molar-refractivity contribution is 0.0629. The quantitative estimate of drug-likeness (QED) is 0.650. The number of amides is 1. The molecule has 1 saturated heterocycles. The minimum Gasteiger partial charge on any atom is -0.465 e. The third-order valence-corrected chi connectivity index (χ3v) is 5.94. The van der Waals surface area contributed by atoms with Crippen molar-refractivity contribution in [3.63, 3.8) is 0 Å². The third kappa shape index (κ3) is 4.68. The zero-order chi connectivity index (χ0) is 23.6. The Bertz CT molecular complexity index is 1060. The number of anilines is 2. The first kappa shape index (κ1) is 23.9. The van der Waals surface area contributed by atoms with E-state index in [1.807, 2.05) is 51.0 Å². The summed E-state index contributed by atoms with van der Waals surface area (Å²) in [4.78, 5) is 32.8. The van der Waals surface area contributed by atoms with Crippen LogP contribution in [0.2, 0.25) is 5.02 Å². The molecule has 1 aliphatic rings. The Labute approximate surface area is 192 Å². The molecular weight excluding hydrogens is 434 g/mol. The molecule has 174 valence electrons. The van der Waals surface area contributed by atoms with E-state index >= 15 is 0 Å². The molecule has 1 aromatic carbocycles. The van der Waals surface area contributed by atoms with E-state index in [-0.39, 0.29) is 30.8 Å². The highest BCUT2D eigenvalue weighted by molar-refractivity contribution is 6.33. The lowest BCUT2D eigenvalue weighted by atomic mass is 10.1. The highest BCUT2D eigenvalue weighted by Crippen LogP contribution is 2.31. The van der Waals surface area contributed by atoms with E-state index in [1.54, 1.807) is 11.5 Å². The maximum Gasteiger partial charge on any atom is 0.407 e. The molecule has 1 aromatic heterocycles. The maximum absolute atomic E-state index is 13.4. The molecular formula is C22H30ClN5O4. The molecule has 0 spiro atoms. The van der Waals surface area contributed by atoms with Crippen LogP contribution in [-0.4, -0.2) is 71.6 Å². The number of nitrogens with one attached hydrogen (secondary N) is 1. The number of hydrogen-bond donors (Lipinski definition) is 2. The Kier molecular flexibility index (Phi) is 7.30. The second-order valence-electron chi connectivity index (χ2n) is 7.94. The van der Waals surface area contributed by atoms with Gasteiger partial charge in [0.1, 0.15) is 11.5 Å². The van der Waals surface area contributed by atoms with Crippen molar-refractivity contribution in [3.8, 4) is 11.4 Å². The molecule has 2 N–H and O–H groups in total. The number of nitrogens with zero attached hydrogens (tertiary/aromatic N) is 4. The number of halogens is 1. The molecule has 32 heavy (non-hydrogen) atoms. The van der Waals surface area contributed by atoms with Crippen LogP contribution < -0.4 is 15.8 Å². The molecule has 1 aliphatic heterocycles. The number of carboxylic acid groups (broad SMARTS) is 1. The van der Waals surface area contributed by atoms with Crippen LogP contribution in [0, 0.1) is 6.92 Å². The molecule has 10 heteroatoms. The van der Waals surface area contributed by atoms with E-state index in [0.29, 0.717) is 40.9 Å². The van der Waals surface area contributed by atoms with Crippen molar-refractivity contribution < 1.29 is 14.6 Å². The number of rotatable bonds is 7. The fraction of sp³-hybridized carbons (Fsp3) is 0.500. The highest BCUT2D eigenvalue weighted by atomic mass is 35.5. The van der Waals surface area contributed by atoms with Crippen LogP contribution in [-0.2, 0) is 11.3 Å². The smallest absolute Gasteiger partial charge is 0.407 e. The Morgan fingerprint density at radius 2 is 2.06 bits per heavy atom. The van der Waals surface area contributed by atoms with Gasteiger partial charge in [0.2, 0.25) is 0 Å². The van der Waals surface area contributed by atoms with Crippen LogP contribution in [0.25, 0.3) is 11.4 Å². The van der Waals surface area contributed by atoms with Gasteiger partial charge in [-0.2, -0.15) is 0 Å². The second-order valence-corrected chi connectivity index (χ2v) is 8.34. The summed E-state index contributed by atoms with van der Waals surface area (Å²) in [5.74, 6) is 0.496. The number of carbonyl (C=O) groups is 1.